The molecule has 1 aliphatic heterocycles. The van der Waals surface area contributed by atoms with E-state index in [0.29, 0.717) is 6.54 Å². The van der Waals surface area contributed by atoms with Crippen LogP contribution in [-0.4, -0.2) is 35.5 Å². The maximum Gasteiger partial charge on any atom is 0.316 e. The van der Waals surface area contributed by atoms with Gasteiger partial charge in [-0.15, -0.1) is 0 Å². The third kappa shape index (κ3) is 2.38. The third-order valence-corrected chi connectivity index (χ3v) is 3.02. The first kappa shape index (κ1) is 11.1. The van der Waals surface area contributed by atoms with Crippen LogP contribution < -0.4 is 10.6 Å². The molecule has 0 spiro atoms. The zero-order valence-electron chi connectivity index (χ0n) is 8.90. The number of hydrogen-bond acceptors (Lipinski definition) is 4. The van der Waals surface area contributed by atoms with Gasteiger partial charge in [-0.1, -0.05) is 12.8 Å². The van der Waals surface area contributed by atoms with E-state index in [9.17, 15) is 14.7 Å². The number of nitrogens with zero attached hydrogens (tertiary/aromatic N) is 1. The minimum absolute atomic E-state index is 0.135. The number of carbonyl (C=O) groups is 2. The normalized spacial score (nSPS) is 29.9. The Bertz CT molecular complexity index is 322. The second-order valence-corrected chi connectivity index (χ2v) is 4.21. The highest BCUT2D eigenvalue weighted by Crippen LogP contribution is 2.24. The molecule has 88 valence electrons. The average molecular weight is 225 g/mol. The van der Waals surface area contributed by atoms with Gasteiger partial charge in [0.15, 0.2) is 0 Å². The van der Waals surface area contributed by atoms with Crippen molar-refractivity contribution < 1.29 is 14.7 Å². The molecule has 2 aliphatic rings. The number of aliphatic hydroxyl groups excluding tert-OH is 1. The van der Waals surface area contributed by atoms with Gasteiger partial charge in [-0.25, -0.2) is 0 Å². The summed E-state index contributed by atoms with van der Waals surface area (Å²) in [5.74, 6) is -1.02. The lowest BCUT2D eigenvalue weighted by atomic mass is 9.87. The number of rotatable bonds is 2. The van der Waals surface area contributed by atoms with E-state index in [1.165, 1.54) is 0 Å². The Morgan fingerprint density at radius 3 is 2.44 bits per heavy atom. The maximum atomic E-state index is 10.8. The Balaban J connectivity index is 1.88. The highest BCUT2D eigenvalue weighted by atomic mass is 16.3. The first-order chi connectivity index (χ1) is 7.66. The Kier molecular flexibility index (Phi) is 3.19. The molecular weight excluding hydrogens is 210 g/mol. The summed E-state index contributed by atoms with van der Waals surface area (Å²) in [6.45, 7) is 0.442. The fraction of sp³-hybridized carbons (Fsp3) is 0.700. The van der Waals surface area contributed by atoms with Gasteiger partial charge in [0.1, 0.15) is 0 Å². The monoisotopic (exact) mass is 225 g/mol. The van der Waals surface area contributed by atoms with E-state index in [2.05, 4.69) is 15.6 Å². The van der Waals surface area contributed by atoms with E-state index >= 15 is 0 Å². The Labute approximate surface area is 93.1 Å². The zero-order valence-corrected chi connectivity index (χ0v) is 8.90. The van der Waals surface area contributed by atoms with Gasteiger partial charge in [-0.05, 0) is 12.8 Å². The van der Waals surface area contributed by atoms with Crippen molar-refractivity contribution in [2.45, 2.75) is 31.8 Å². The van der Waals surface area contributed by atoms with E-state index in [-0.39, 0.29) is 18.0 Å². The summed E-state index contributed by atoms with van der Waals surface area (Å²) >= 11 is 0. The third-order valence-electron chi connectivity index (χ3n) is 3.02. The molecule has 2 rings (SSSR count). The van der Waals surface area contributed by atoms with Gasteiger partial charge in [0.05, 0.1) is 6.10 Å². The summed E-state index contributed by atoms with van der Waals surface area (Å²) < 4.78 is 0. The molecule has 1 heterocycles. The van der Waals surface area contributed by atoms with E-state index in [4.69, 9.17) is 0 Å². The van der Waals surface area contributed by atoms with Crippen LogP contribution in [0, 0.1) is 5.92 Å². The Morgan fingerprint density at radius 2 is 1.81 bits per heavy atom. The van der Waals surface area contributed by atoms with Crippen LogP contribution in [-0.2, 0) is 9.59 Å². The van der Waals surface area contributed by atoms with Crippen molar-refractivity contribution in [2.75, 3.05) is 6.54 Å². The number of aliphatic hydroxyl groups is 1. The van der Waals surface area contributed by atoms with E-state index in [1.807, 2.05) is 0 Å². The van der Waals surface area contributed by atoms with Crippen LogP contribution in [0.4, 0.5) is 0 Å². The lowest BCUT2D eigenvalue weighted by molar-refractivity contribution is -0.135. The molecule has 16 heavy (non-hydrogen) atoms. The van der Waals surface area contributed by atoms with Gasteiger partial charge in [0.25, 0.3) is 0 Å². The quantitative estimate of drug-likeness (QED) is 0.534. The topological polar surface area (TPSA) is 90.8 Å². The van der Waals surface area contributed by atoms with Crippen LogP contribution in [0.25, 0.3) is 0 Å². The van der Waals surface area contributed by atoms with Gasteiger partial charge >= 0.3 is 11.8 Å². The van der Waals surface area contributed by atoms with Crippen molar-refractivity contribution in [3.63, 3.8) is 0 Å². The van der Waals surface area contributed by atoms with Gasteiger partial charge in [0, 0.05) is 12.5 Å². The molecule has 2 unspecified atom stereocenters. The molecule has 0 aromatic carbocycles. The lowest BCUT2D eigenvalue weighted by Crippen LogP contribution is -2.30. The summed E-state index contributed by atoms with van der Waals surface area (Å²) in [7, 11) is 0. The maximum absolute atomic E-state index is 10.8. The van der Waals surface area contributed by atoms with Crippen molar-refractivity contribution in [2.24, 2.45) is 10.9 Å². The second-order valence-electron chi connectivity index (χ2n) is 4.21. The largest absolute Gasteiger partial charge is 0.393 e. The second kappa shape index (κ2) is 4.61. The molecular formula is C10H15N3O3. The van der Waals surface area contributed by atoms with Crippen molar-refractivity contribution in [1.29, 1.82) is 0 Å². The molecule has 1 saturated heterocycles. The summed E-state index contributed by atoms with van der Waals surface area (Å²) in [4.78, 5) is 25.8. The molecule has 2 fully saturated rings. The van der Waals surface area contributed by atoms with Crippen molar-refractivity contribution in [1.82, 2.24) is 10.6 Å². The van der Waals surface area contributed by atoms with Crippen LogP contribution in [0.5, 0.6) is 0 Å². The predicted octanol–water partition coefficient (Wildman–Crippen LogP) is -0.861. The number of carbonyl (C=O) groups excluding carboxylic acids is 2. The molecule has 0 radical (unpaired) electrons. The fourth-order valence-corrected chi connectivity index (χ4v) is 2.05. The van der Waals surface area contributed by atoms with Gasteiger partial charge in [-0.2, -0.15) is 0 Å². The number of nitrogens with one attached hydrogen (secondary N) is 2. The molecule has 0 aromatic rings. The number of hydrogen-bond donors (Lipinski definition) is 3. The van der Waals surface area contributed by atoms with Crippen LogP contribution in [0.15, 0.2) is 4.99 Å². The smallest absolute Gasteiger partial charge is 0.316 e. The molecule has 3 N–H and O–H groups in total. The highest BCUT2D eigenvalue weighted by molar-refractivity contribution is 6.45. The molecule has 2 amide bonds. The minimum Gasteiger partial charge on any atom is -0.393 e. The molecule has 0 aromatic heterocycles. The number of guanidine groups is 1. The number of aliphatic imine (C=N–C) groups is 1. The fourth-order valence-electron chi connectivity index (χ4n) is 2.05. The first-order valence-electron chi connectivity index (χ1n) is 5.51. The molecule has 1 aliphatic carbocycles. The summed E-state index contributed by atoms with van der Waals surface area (Å²) in [6.07, 6.45) is 3.60. The van der Waals surface area contributed by atoms with Crippen molar-refractivity contribution in [3.8, 4) is 0 Å². The van der Waals surface area contributed by atoms with Gasteiger partial charge in [0.2, 0.25) is 5.96 Å². The van der Waals surface area contributed by atoms with Crippen LogP contribution in [0.1, 0.15) is 25.7 Å². The zero-order chi connectivity index (χ0) is 11.5. The SMILES string of the molecule is O=C1NC(=NCC2CCCCC2O)NC1=O. The lowest BCUT2D eigenvalue weighted by Gasteiger charge is -2.25. The van der Waals surface area contributed by atoms with E-state index in [0.717, 1.165) is 25.7 Å². The van der Waals surface area contributed by atoms with E-state index in [1.54, 1.807) is 0 Å². The highest BCUT2D eigenvalue weighted by Gasteiger charge is 2.27. The van der Waals surface area contributed by atoms with Gasteiger partial charge < -0.3 is 5.11 Å². The van der Waals surface area contributed by atoms with E-state index < -0.39 is 11.8 Å². The van der Waals surface area contributed by atoms with Crippen molar-refractivity contribution in [3.05, 3.63) is 0 Å². The Hall–Kier alpha value is -1.43. The standard InChI is InChI=1S/C10H15N3O3/c14-7-4-2-1-3-6(7)5-11-10-12-8(15)9(16)13-10/h6-7,14H,1-5H2,(H2,11,12,13,15,16). The Morgan fingerprint density at radius 1 is 1.19 bits per heavy atom. The number of amides is 2. The van der Waals surface area contributed by atoms with Crippen LogP contribution >= 0.6 is 0 Å². The first-order valence-corrected chi connectivity index (χ1v) is 5.51. The summed E-state index contributed by atoms with van der Waals surface area (Å²) in [5, 5.41) is 14.4. The summed E-state index contributed by atoms with van der Waals surface area (Å²) in [6, 6.07) is 0. The summed E-state index contributed by atoms with van der Waals surface area (Å²) in [5.41, 5.74) is 0. The van der Waals surface area contributed by atoms with Gasteiger partial charge in [-0.3, -0.25) is 25.2 Å². The molecule has 6 heteroatoms. The minimum atomic E-state index is -0.678. The average Bonchev–Trinajstić information content (AvgIpc) is 2.57. The van der Waals surface area contributed by atoms with Crippen LogP contribution in [0.3, 0.4) is 0 Å². The molecule has 6 nitrogen and oxygen atoms in total. The molecule has 0 bridgehead atoms. The predicted molar refractivity (Wildman–Crippen MR) is 56.6 cm³/mol. The van der Waals surface area contributed by atoms with Crippen LogP contribution in [0.2, 0.25) is 0 Å². The van der Waals surface area contributed by atoms with Crippen molar-refractivity contribution >= 4 is 17.8 Å². The molecule has 1 saturated carbocycles. The molecule has 2 atom stereocenters.